The van der Waals surface area contributed by atoms with Crippen molar-refractivity contribution in [1.82, 2.24) is 9.55 Å². The first-order valence-corrected chi connectivity index (χ1v) is 6.56. The van der Waals surface area contributed by atoms with Gasteiger partial charge in [-0.15, -0.1) is 0 Å². The number of aryl methyl sites for hydroxylation is 1. The summed E-state index contributed by atoms with van der Waals surface area (Å²) in [6, 6.07) is 2.25. The standard InChI is InChI=1S/C14H15F4N3/c1-2-3-7-21-8-6-19-13(21)20-12-9-10(14(16,17)18)4-5-11(12)15/h4-6,8-9H,2-3,7H2,1H3,(H,19,20). The molecule has 1 heterocycles. The van der Waals surface area contributed by atoms with Crippen LogP contribution in [0.4, 0.5) is 29.2 Å². The number of aromatic nitrogens is 2. The molecule has 1 aromatic carbocycles. The lowest BCUT2D eigenvalue weighted by Crippen LogP contribution is -2.08. The lowest BCUT2D eigenvalue weighted by molar-refractivity contribution is -0.137. The first-order valence-electron chi connectivity index (χ1n) is 6.56. The van der Waals surface area contributed by atoms with E-state index in [2.05, 4.69) is 10.3 Å². The third-order valence-electron chi connectivity index (χ3n) is 3.01. The van der Waals surface area contributed by atoms with E-state index in [1.807, 2.05) is 6.92 Å². The molecule has 2 rings (SSSR count). The predicted molar refractivity (Wildman–Crippen MR) is 71.8 cm³/mol. The highest BCUT2D eigenvalue weighted by Gasteiger charge is 2.31. The van der Waals surface area contributed by atoms with E-state index in [4.69, 9.17) is 0 Å². The summed E-state index contributed by atoms with van der Waals surface area (Å²) in [5.41, 5.74) is -1.15. The predicted octanol–water partition coefficient (Wildman–Crippen LogP) is 4.58. The number of unbranched alkanes of at least 4 members (excludes halogenated alkanes) is 1. The molecule has 7 heteroatoms. The average Bonchev–Trinajstić information content (AvgIpc) is 2.85. The van der Waals surface area contributed by atoms with Gasteiger partial charge < -0.3 is 9.88 Å². The van der Waals surface area contributed by atoms with Crippen molar-refractivity contribution in [3.63, 3.8) is 0 Å². The number of nitrogens with one attached hydrogen (secondary N) is 1. The molecule has 21 heavy (non-hydrogen) atoms. The van der Waals surface area contributed by atoms with Crippen LogP contribution >= 0.6 is 0 Å². The number of hydrogen-bond acceptors (Lipinski definition) is 2. The lowest BCUT2D eigenvalue weighted by atomic mass is 10.2. The van der Waals surface area contributed by atoms with E-state index in [9.17, 15) is 17.6 Å². The van der Waals surface area contributed by atoms with Crippen molar-refractivity contribution >= 4 is 11.6 Å². The zero-order valence-electron chi connectivity index (χ0n) is 11.4. The largest absolute Gasteiger partial charge is 0.416 e. The Balaban J connectivity index is 2.25. The van der Waals surface area contributed by atoms with Gasteiger partial charge in [-0.3, -0.25) is 0 Å². The van der Waals surface area contributed by atoms with E-state index in [0.29, 0.717) is 18.6 Å². The van der Waals surface area contributed by atoms with Crippen LogP contribution < -0.4 is 5.32 Å². The summed E-state index contributed by atoms with van der Waals surface area (Å²) >= 11 is 0. The van der Waals surface area contributed by atoms with Crippen molar-refractivity contribution in [2.24, 2.45) is 0 Å². The molecule has 2 aromatic rings. The van der Waals surface area contributed by atoms with E-state index in [1.54, 1.807) is 10.8 Å². The molecule has 0 saturated heterocycles. The number of halogens is 4. The molecular weight excluding hydrogens is 286 g/mol. The maximum atomic E-state index is 13.7. The minimum atomic E-state index is -4.51. The van der Waals surface area contributed by atoms with E-state index in [1.165, 1.54) is 6.20 Å². The summed E-state index contributed by atoms with van der Waals surface area (Å²) in [5, 5.41) is 2.62. The minimum absolute atomic E-state index is 0.242. The second-order valence-corrected chi connectivity index (χ2v) is 4.62. The highest BCUT2D eigenvalue weighted by atomic mass is 19.4. The van der Waals surface area contributed by atoms with E-state index >= 15 is 0 Å². The molecule has 0 aliphatic carbocycles. The summed E-state index contributed by atoms with van der Waals surface area (Å²) in [5.74, 6) is -0.435. The van der Waals surface area contributed by atoms with Crippen molar-refractivity contribution in [1.29, 1.82) is 0 Å². The molecule has 1 aromatic heterocycles. The van der Waals surface area contributed by atoms with Gasteiger partial charge in [-0.1, -0.05) is 13.3 Å². The van der Waals surface area contributed by atoms with Crippen LogP contribution in [0, 0.1) is 5.82 Å². The third kappa shape index (κ3) is 3.74. The van der Waals surface area contributed by atoms with Crippen molar-refractivity contribution in [3.05, 3.63) is 42.0 Å². The maximum absolute atomic E-state index is 13.7. The Morgan fingerprint density at radius 3 is 2.71 bits per heavy atom. The van der Waals surface area contributed by atoms with Gasteiger partial charge in [0, 0.05) is 18.9 Å². The monoisotopic (exact) mass is 301 g/mol. The van der Waals surface area contributed by atoms with Crippen molar-refractivity contribution < 1.29 is 17.6 Å². The minimum Gasteiger partial charge on any atom is -0.323 e. The highest BCUT2D eigenvalue weighted by molar-refractivity contribution is 5.56. The van der Waals surface area contributed by atoms with E-state index in [-0.39, 0.29) is 5.69 Å². The molecule has 0 aliphatic heterocycles. The Hall–Kier alpha value is -2.05. The number of nitrogens with zero attached hydrogens (tertiary/aromatic N) is 2. The van der Waals surface area contributed by atoms with Crippen LogP contribution in [0.5, 0.6) is 0 Å². The first-order chi connectivity index (χ1) is 9.91. The zero-order chi connectivity index (χ0) is 15.5. The number of hydrogen-bond donors (Lipinski definition) is 1. The Morgan fingerprint density at radius 2 is 2.05 bits per heavy atom. The van der Waals surface area contributed by atoms with Crippen LogP contribution in [0.1, 0.15) is 25.3 Å². The molecule has 0 unspecified atom stereocenters. The summed E-state index contributed by atoms with van der Waals surface area (Å²) in [6.07, 6.45) is 0.570. The summed E-state index contributed by atoms with van der Waals surface area (Å²) in [6.45, 7) is 2.69. The molecule has 0 bridgehead atoms. The van der Waals surface area contributed by atoms with Crippen LogP contribution in [-0.4, -0.2) is 9.55 Å². The zero-order valence-corrected chi connectivity index (χ0v) is 11.4. The molecule has 1 N–H and O–H groups in total. The molecule has 0 radical (unpaired) electrons. The Kier molecular flexibility index (Phi) is 4.50. The van der Waals surface area contributed by atoms with Crippen LogP contribution in [-0.2, 0) is 12.7 Å². The fraction of sp³-hybridized carbons (Fsp3) is 0.357. The van der Waals surface area contributed by atoms with Crippen LogP contribution in [0.25, 0.3) is 0 Å². The molecule has 0 atom stereocenters. The summed E-state index contributed by atoms with van der Waals surface area (Å²) < 4.78 is 53.4. The Bertz CT molecular complexity index is 605. The normalized spacial score (nSPS) is 11.7. The van der Waals surface area contributed by atoms with Crippen LogP contribution in [0.2, 0.25) is 0 Å². The van der Waals surface area contributed by atoms with E-state index < -0.39 is 17.6 Å². The van der Waals surface area contributed by atoms with Gasteiger partial charge in [0.2, 0.25) is 5.95 Å². The molecule has 114 valence electrons. The topological polar surface area (TPSA) is 29.9 Å². The number of benzene rings is 1. The fourth-order valence-electron chi connectivity index (χ4n) is 1.86. The third-order valence-corrected chi connectivity index (χ3v) is 3.01. The Morgan fingerprint density at radius 1 is 1.29 bits per heavy atom. The number of anilines is 2. The van der Waals surface area contributed by atoms with Gasteiger partial charge in [-0.2, -0.15) is 13.2 Å². The maximum Gasteiger partial charge on any atom is 0.416 e. The number of imidazole rings is 1. The molecular formula is C14H15F4N3. The van der Waals surface area contributed by atoms with E-state index in [0.717, 1.165) is 25.0 Å². The Labute approximate surface area is 119 Å². The van der Waals surface area contributed by atoms with Crippen molar-refractivity contribution in [2.45, 2.75) is 32.5 Å². The molecule has 0 saturated carbocycles. The number of alkyl halides is 3. The molecule has 3 nitrogen and oxygen atoms in total. The SMILES string of the molecule is CCCCn1ccnc1Nc1cc(C(F)(F)F)ccc1F. The molecule has 0 fully saturated rings. The van der Waals surface area contributed by atoms with Gasteiger partial charge in [0.15, 0.2) is 0 Å². The quantitative estimate of drug-likeness (QED) is 0.819. The van der Waals surface area contributed by atoms with Crippen molar-refractivity contribution in [3.8, 4) is 0 Å². The molecule has 0 aliphatic rings. The van der Waals surface area contributed by atoms with Gasteiger partial charge in [0.05, 0.1) is 11.3 Å². The van der Waals surface area contributed by atoms with Gasteiger partial charge >= 0.3 is 6.18 Å². The second-order valence-electron chi connectivity index (χ2n) is 4.62. The lowest BCUT2D eigenvalue weighted by Gasteiger charge is -2.12. The van der Waals surface area contributed by atoms with Crippen LogP contribution in [0.15, 0.2) is 30.6 Å². The van der Waals surface area contributed by atoms with Gasteiger partial charge in [-0.25, -0.2) is 9.37 Å². The molecule has 0 spiro atoms. The summed E-state index contributed by atoms with van der Waals surface area (Å²) in [7, 11) is 0. The van der Waals surface area contributed by atoms with Crippen molar-refractivity contribution in [2.75, 3.05) is 5.32 Å². The molecule has 0 amide bonds. The van der Waals surface area contributed by atoms with Gasteiger partial charge in [0.1, 0.15) is 5.82 Å². The van der Waals surface area contributed by atoms with Gasteiger partial charge in [0.25, 0.3) is 0 Å². The second kappa shape index (κ2) is 6.15. The fourth-order valence-corrected chi connectivity index (χ4v) is 1.86. The van der Waals surface area contributed by atoms with Crippen LogP contribution in [0.3, 0.4) is 0 Å². The first kappa shape index (κ1) is 15.3. The smallest absolute Gasteiger partial charge is 0.323 e. The van der Waals surface area contributed by atoms with Gasteiger partial charge in [-0.05, 0) is 24.6 Å². The average molecular weight is 301 g/mol. The number of rotatable bonds is 5. The highest BCUT2D eigenvalue weighted by Crippen LogP contribution is 2.32. The summed E-state index contributed by atoms with van der Waals surface area (Å²) in [4.78, 5) is 4.00.